The first-order valence-electron chi connectivity index (χ1n) is 7.75. The summed E-state index contributed by atoms with van der Waals surface area (Å²) in [7, 11) is 1.77. The van der Waals surface area contributed by atoms with Crippen molar-refractivity contribution in [3.05, 3.63) is 29.3 Å². The highest BCUT2D eigenvalue weighted by molar-refractivity contribution is 8.07. The number of benzene rings is 1. The van der Waals surface area contributed by atoms with Crippen molar-refractivity contribution in [1.29, 1.82) is 0 Å². The van der Waals surface area contributed by atoms with Crippen LogP contribution in [0.4, 0.5) is 0 Å². The zero-order valence-corrected chi connectivity index (χ0v) is 15.2. The molecule has 1 saturated heterocycles. The molecule has 3 unspecified atom stereocenters. The number of thioether (sulfide) groups is 2. The summed E-state index contributed by atoms with van der Waals surface area (Å²) in [5.74, 6) is 3.58. The number of methoxy groups -OCH3 is 1. The summed E-state index contributed by atoms with van der Waals surface area (Å²) in [6.45, 7) is 7.75. The molecule has 0 aliphatic carbocycles. The first-order chi connectivity index (χ1) is 10.2. The molecule has 1 aromatic carbocycles. The Labute approximate surface area is 137 Å². The van der Waals surface area contributed by atoms with Crippen LogP contribution in [0.15, 0.2) is 18.2 Å². The summed E-state index contributed by atoms with van der Waals surface area (Å²) < 4.78 is 5.55. The van der Waals surface area contributed by atoms with E-state index in [1.54, 1.807) is 7.11 Å². The van der Waals surface area contributed by atoms with E-state index in [9.17, 15) is 0 Å². The lowest BCUT2D eigenvalue weighted by atomic mass is 9.99. The standard InChI is InChI=1S/C17H27NOS2/c1-5-18-15(17-13(3)20-8-9-21-17)11-14-10-12(2)6-7-16(14)19-4/h6-7,10,13,15,17-18H,5,8-9,11H2,1-4H3. The van der Waals surface area contributed by atoms with E-state index >= 15 is 0 Å². The zero-order chi connectivity index (χ0) is 15.2. The van der Waals surface area contributed by atoms with Gasteiger partial charge in [0.15, 0.2) is 0 Å². The molecule has 1 aliphatic heterocycles. The maximum atomic E-state index is 5.55. The molecule has 1 heterocycles. The van der Waals surface area contributed by atoms with Gasteiger partial charge < -0.3 is 10.1 Å². The molecule has 2 nitrogen and oxygen atoms in total. The number of nitrogens with one attached hydrogen (secondary N) is 1. The molecule has 118 valence electrons. The summed E-state index contributed by atoms with van der Waals surface area (Å²) in [5, 5.41) is 5.10. The number of ether oxygens (including phenoxy) is 1. The first kappa shape index (κ1) is 17.0. The Morgan fingerprint density at radius 1 is 1.33 bits per heavy atom. The van der Waals surface area contributed by atoms with Crippen LogP contribution in [0.25, 0.3) is 0 Å². The third kappa shape index (κ3) is 4.57. The topological polar surface area (TPSA) is 21.3 Å². The van der Waals surface area contributed by atoms with Gasteiger partial charge in [0, 0.05) is 28.0 Å². The second-order valence-corrected chi connectivity index (χ2v) is 8.37. The van der Waals surface area contributed by atoms with E-state index in [2.05, 4.69) is 67.8 Å². The highest BCUT2D eigenvalue weighted by Gasteiger charge is 2.30. The van der Waals surface area contributed by atoms with Crippen molar-refractivity contribution >= 4 is 23.5 Å². The molecular formula is C17H27NOS2. The summed E-state index contributed by atoms with van der Waals surface area (Å²) in [5.41, 5.74) is 2.63. The highest BCUT2D eigenvalue weighted by Crippen LogP contribution is 2.35. The van der Waals surface area contributed by atoms with Gasteiger partial charge in [0.25, 0.3) is 0 Å². The predicted molar refractivity (Wildman–Crippen MR) is 97.1 cm³/mol. The predicted octanol–water partition coefficient (Wildman–Crippen LogP) is 3.76. The van der Waals surface area contributed by atoms with E-state index in [1.165, 1.54) is 22.6 Å². The molecule has 0 radical (unpaired) electrons. The van der Waals surface area contributed by atoms with Crippen LogP contribution in [-0.4, -0.2) is 41.7 Å². The van der Waals surface area contributed by atoms with Crippen molar-refractivity contribution in [2.45, 2.75) is 43.7 Å². The molecule has 2 rings (SSSR count). The number of likely N-dealkylation sites (N-methyl/N-ethyl adjacent to an activating group) is 1. The van der Waals surface area contributed by atoms with Gasteiger partial charge in [0.2, 0.25) is 0 Å². The Kier molecular flexibility index (Phi) is 6.77. The normalized spacial score (nSPS) is 23.8. The summed E-state index contributed by atoms with van der Waals surface area (Å²) in [4.78, 5) is 0. The van der Waals surface area contributed by atoms with E-state index in [0.29, 0.717) is 16.5 Å². The van der Waals surface area contributed by atoms with Crippen molar-refractivity contribution < 1.29 is 4.74 Å². The fourth-order valence-corrected chi connectivity index (χ4v) is 5.92. The van der Waals surface area contributed by atoms with Crippen molar-refractivity contribution in [2.75, 3.05) is 25.2 Å². The SMILES string of the molecule is CCNC(Cc1cc(C)ccc1OC)C1SCCSC1C. The molecule has 1 N–H and O–H groups in total. The van der Waals surface area contributed by atoms with Gasteiger partial charge in [0.1, 0.15) is 5.75 Å². The Hall–Kier alpha value is -0.320. The van der Waals surface area contributed by atoms with Crippen LogP contribution in [0, 0.1) is 6.92 Å². The molecule has 21 heavy (non-hydrogen) atoms. The van der Waals surface area contributed by atoms with Crippen molar-refractivity contribution in [1.82, 2.24) is 5.32 Å². The number of hydrogen-bond acceptors (Lipinski definition) is 4. The van der Waals surface area contributed by atoms with Crippen LogP contribution in [0.1, 0.15) is 25.0 Å². The van der Waals surface area contributed by atoms with Gasteiger partial charge in [-0.1, -0.05) is 31.5 Å². The van der Waals surface area contributed by atoms with Crippen molar-refractivity contribution in [3.63, 3.8) is 0 Å². The largest absolute Gasteiger partial charge is 0.496 e. The average Bonchev–Trinajstić information content (AvgIpc) is 2.48. The van der Waals surface area contributed by atoms with E-state index in [-0.39, 0.29) is 0 Å². The molecule has 3 atom stereocenters. The minimum absolute atomic E-state index is 0.512. The van der Waals surface area contributed by atoms with Crippen LogP contribution in [0.5, 0.6) is 5.75 Å². The zero-order valence-electron chi connectivity index (χ0n) is 13.5. The summed E-state index contributed by atoms with van der Waals surface area (Å²) in [6.07, 6.45) is 1.04. The molecule has 0 aromatic heterocycles. The summed E-state index contributed by atoms with van der Waals surface area (Å²) in [6, 6.07) is 7.01. The van der Waals surface area contributed by atoms with E-state index in [0.717, 1.165) is 18.7 Å². The Morgan fingerprint density at radius 3 is 2.76 bits per heavy atom. The minimum Gasteiger partial charge on any atom is -0.496 e. The van der Waals surface area contributed by atoms with E-state index < -0.39 is 0 Å². The molecule has 0 amide bonds. The third-order valence-corrected chi connectivity index (χ3v) is 7.23. The van der Waals surface area contributed by atoms with Gasteiger partial charge in [-0.2, -0.15) is 23.5 Å². The van der Waals surface area contributed by atoms with Crippen LogP contribution < -0.4 is 10.1 Å². The van der Waals surface area contributed by atoms with Gasteiger partial charge in [-0.05, 0) is 31.5 Å². The number of rotatable bonds is 6. The monoisotopic (exact) mass is 325 g/mol. The Bertz CT molecular complexity index is 452. The van der Waals surface area contributed by atoms with E-state index in [4.69, 9.17) is 4.74 Å². The quantitative estimate of drug-likeness (QED) is 0.859. The molecule has 1 fully saturated rings. The average molecular weight is 326 g/mol. The summed E-state index contributed by atoms with van der Waals surface area (Å²) >= 11 is 4.24. The molecule has 1 aliphatic rings. The van der Waals surface area contributed by atoms with Gasteiger partial charge >= 0.3 is 0 Å². The maximum absolute atomic E-state index is 5.55. The fraction of sp³-hybridized carbons (Fsp3) is 0.647. The number of aryl methyl sites for hydroxylation is 1. The lowest BCUT2D eigenvalue weighted by Crippen LogP contribution is -2.45. The first-order valence-corrected chi connectivity index (χ1v) is 9.85. The smallest absolute Gasteiger partial charge is 0.122 e. The molecular weight excluding hydrogens is 298 g/mol. The molecule has 4 heteroatoms. The Morgan fingerprint density at radius 2 is 2.10 bits per heavy atom. The van der Waals surface area contributed by atoms with Gasteiger partial charge in [0.05, 0.1) is 7.11 Å². The van der Waals surface area contributed by atoms with Crippen molar-refractivity contribution in [3.8, 4) is 5.75 Å². The second-order valence-electron chi connectivity index (χ2n) is 5.59. The van der Waals surface area contributed by atoms with Crippen LogP contribution in [0.2, 0.25) is 0 Å². The molecule has 1 aromatic rings. The fourth-order valence-electron chi connectivity index (χ4n) is 2.96. The molecule has 0 bridgehead atoms. The van der Waals surface area contributed by atoms with Crippen molar-refractivity contribution in [2.24, 2.45) is 0 Å². The third-order valence-electron chi connectivity index (χ3n) is 3.98. The van der Waals surface area contributed by atoms with Gasteiger partial charge in [-0.25, -0.2) is 0 Å². The lowest BCUT2D eigenvalue weighted by molar-refractivity contribution is 0.403. The molecule has 0 saturated carbocycles. The number of hydrogen-bond donors (Lipinski definition) is 1. The van der Waals surface area contributed by atoms with Crippen LogP contribution in [0.3, 0.4) is 0 Å². The van der Waals surface area contributed by atoms with Gasteiger partial charge in [-0.3, -0.25) is 0 Å². The highest BCUT2D eigenvalue weighted by atomic mass is 32.2. The minimum atomic E-state index is 0.512. The van der Waals surface area contributed by atoms with Gasteiger partial charge in [-0.15, -0.1) is 0 Å². The lowest BCUT2D eigenvalue weighted by Gasteiger charge is -2.35. The second kappa shape index (κ2) is 8.35. The molecule has 0 spiro atoms. The van der Waals surface area contributed by atoms with Crippen LogP contribution in [-0.2, 0) is 6.42 Å². The Balaban J connectivity index is 2.17. The maximum Gasteiger partial charge on any atom is 0.122 e. The van der Waals surface area contributed by atoms with E-state index in [1.807, 2.05) is 0 Å². The van der Waals surface area contributed by atoms with Crippen LogP contribution >= 0.6 is 23.5 Å².